The fourth-order valence-corrected chi connectivity index (χ4v) is 8.57. The lowest BCUT2D eigenvalue weighted by Gasteiger charge is -2.24. The number of methoxy groups -OCH3 is 1. The number of halogens is 1. The Morgan fingerprint density at radius 3 is 2.51 bits per heavy atom. The van der Waals surface area contributed by atoms with Crippen molar-refractivity contribution in [3.63, 3.8) is 0 Å². The number of thiophene rings is 1. The van der Waals surface area contributed by atoms with Gasteiger partial charge in [-0.3, -0.25) is 4.90 Å². The summed E-state index contributed by atoms with van der Waals surface area (Å²) in [5.74, 6) is 0.307. The molecule has 2 unspecified atom stereocenters. The Morgan fingerprint density at radius 1 is 1.16 bits per heavy atom. The SMILES string of the molecule is COc1ccc(-c2c(CCNS(=O)(=O)CC3CCN(C(C)c4ccc(F)cc4)C3)nc(-c3cccs3)n2P(=O)(O)O)cc1. The molecule has 14 heteroatoms. The number of hydrogen-bond donors (Lipinski definition) is 3. The first-order chi connectivity index (χ1) is 20.4. The molecule has 43 heavy (non-hydrogen) atoms. The minimum atomic E-state index is -4.85. The van der Waals surface area contributed by atoms with Gasteiger partial charge in [0.25, 0.3) is 0 Å². The Bertz CT molecular complexity index is 1690. The van der Waals surface area contributed by atoms with E-state index in [1.54, 1.807) is 53.9 Å². The molecule has 1 aliphatic heterocycles. The third kappa shape index (κ3) is 7.43. The normalized spacial score (nSPS) is 16.9. The summed E-state index contributed by atoms with van der Waals surface area (Å²) >= 11 is 1.30. The molecule has 2 aromatic carbocycles. The van der Waals surface area contributed by atoms with Crippen LogP contribution in [-0.4, -0.2) is 64.9 Å². The third-order valence-corrected chi connectivity index (χ3v) is 11.0. The van der Waals surface area contributed by atoms with Crippen LogP contribution in [0.5, 0.6) is 5.75 Å². The van der Waals surface area contributed by atoms with Crippen LogP contribution in [0.3, 0.4) is 0 Å². The van der Waals surface area contributed by atoms with Gasteiger partial charge in [0.2, 0.25) is 10.0 Å². The summed E-state index contributed by atoms with van der Waals surface area (Å²) in [5, 5.41) is 1.79. The second-order valence-electron chi connectivity index (χ2n) is 10.6. The van der Waals surface area contributed by atoms with E-state index in [4.69, 9.17) is 4.74 Å². The molecule has 10 nitrogen and oxygen atoms in total. The smallest absolute Gasteiger partial charge is 0.435 e. The Balaban J connectivity index is 1.31. The number of ether oxygens (including phenoxy) is 1. The summed E-state index contributed by atoms with van der Waals surface area (Å²) in [5.41, 5.74) is 2.07. The van der Waals surface area contributed by atoms with Gasteiger partial charge >= 0.3 is 7.75 Å². The van der Waals surface area contributed by atoms with Crippen LogP contribution in [-0.2, 0) is 21.0 Å². The summed E-state index contributed by atoms with van der Waals surface area (Å²) in [6, 6.07) is 16.7. The molecule has 1 aliphatic rings. The van der Waals surface area contributed by atoms with Crippen molar-refractivity contribution in [3.8, 4) is 27.7 Å². The highest BCUT2D eigenvalue weighted by atomic mass is 32.2. The average Bonchev–Trinajstić information content (AvgIpc) is 3.73. The van der Waals surface area contributed by atoms with Crippen molar-refractivity contribution >= 4 is 29.1 Å². The van der Waals surface area contributed by atoms with Crippen molar-refractivity contribution in [2.24, 2.45) is 5.92 Å². The molecule has 3 heterocycles. The van der Waals surface area contributed by atoms with Crippen LogP contribution in [0, 0.1) is 11.7 Å². The Labute approximate surface area is 254 Å². The van der Waals surface area contributed by atoms with E-state index < -0.39 is 17.8 Å². The van der Waals surface area contributed by atoms with Crippen molar-refractivity contribution in [2.75, 3.05) is 32.5 Å². The summed E-state index contributed by atoms with van der Waals surface area (Å²) < 4.78 is 61.1. The lowest BCUT2D eigenvalue weighted by atomic mass is 10.1. The van der Waals surface area contributed by atoms with E-state index in [0.29, 0.717) is 28.4 Å². The van der Waals surface area contributed by atoms with E-state index in [9.17, 15) is 27.2 Å². The van der Waals surface area contributed by atoms with Crippen molar-refractivity contribution in [3.05, 3.63) is 83.1 Å². The standard InChI is InChI=1S/C29H34FN4O6PS2/c1-20(22-5-9-24(30)10-6-22)33-16-14-21(18-33)19-43(38,39)31-15-13-26-28(23-7-11-25(40-2)12-8-23)34(41(35,36)37)29(32-26)27-4-3-17-42-27/h3-12,17,20-21,31H,13-16,18-19H2,1-2H3,(H2,35,36,37). The second-order valence-corrected chi connectivity index (χ2v) is 14.8. The fraction of sp³-hybridized carbons (Fsp3) is 0.345. The van der Waals surface area contributed by atoms with Crippen molar-refractivity contribution in [2.45, 2.75) is 25.8 Å². The molecule has 1 saturated heterocycles. The van der Waals surface area contributed by atoms with E-state index in [0.717, 1.165) is 22.9 Å². The summed E-state index contributed by atoms with van der Waals surface area (Å²) in [6.45, 7) is 3.40. The van der Waals surface area contributed by atoms with Crippen LogP contribution in [0.15, 0.2) is 66.0 Å². The maximum atomic E-state index is 13.3. The van der Waals surface area contributed by atoms with Crippen LogP contribution in [0.25, 0.3) is 22.0 Å². The number of hydrogen-bond acceptors (Lipinski definition) is 7. The van der Waals surface area contributed by atoms with Crippen molar-refractivity contribution < 1.29 is 31.9 Å². The van der Waals surface area contributed by atoms with E-state index >= 15 is 0 Å². The summed E-state index contributed by atoms with van der Waals surface area (Å²) in [7, 11) is -6.97. The zero-order chi connectivity index (χ0) is 30.8. The predicted molar refractivity (Wildman–Crippen MR) is 165 cm³/mol. The maximum absolute atomic E-state index is 13.3. The minimum Gasteiger partial charge on any atom is -0.497 e. The van der Waals surface area contributed by atoms with Gasteiger partial charge in [-0.05, 0) is 79.2 Å². The number of nitrogens with one attached hydrogen (secondary N) is 1. The highest BCUT2D eigenvalue weighted by molar-refractivity contribution is 7.89. The third-order valence-electron chi connectivity index (χ3n) is 7.65. The highest BCUT2D eigenvalue weighted by Gasteiger charge is 2.32. The number of nitrogens with zero attached hydrogens (tertiary/aromatic N) is 3. The largest absolute Gasteiger partial charge is 0.497 e. The molecule has 2 aromatic heterocycles. The van der Waals surface area contributed by atoms with Crippen LogP contribution >= 0.6 is 19.1 Å². The lowest BCUT2D eigenvalue weighted by molar-refractivity contribution is 0.255. The van der Waals surface area contributed by atoms with E-state index in [1.165, 1.54) is 30.6 Å². The topological polar surface area (TPSA) is 134 Å². The predicted octanol–water partition coefficient (Wildman–Crippen LogP) is 4.91. The van der Waals surface area contributed by atoms with Crippen LogP contribution in [0.2, 0.25) is 0 Å². The van der Waals surface area contributed by atoms with Crippen LogP contribution in [0.1, 0.15) is 30.6 Å². The molecule has 0 amide bonds. The number of imidazole rings is 1. The van der Waals surface area contributed by atoms with E-state index in [1.807, 2.05) is 6.92 Å². The quantitative estimate of drug-likeness (QED) is 0.185. The first-order valence-electron chi connectivity index (χ1n) is 13.8. The Morgan fingerprint density at radius 2 is 1.88 bits per heavy atom. The minimum absolute atomic E-state index is 0.00988. The first kappa shape index (κ1) is 31.5. The monoisotopic (exact) mass is 648 g/mol. The van der Waals surface area contributed by atoms with Crippen LogP contribution in [0.4, 0.5) is 4.39 Å². The molecule has 3 N–H and O–H groups in total. The molecule has 0 bridgehead atoms. The van der Waals surface area contributed by atoms with Crippen molar-refractivity contribution in [1.29, 1.82) is 0 Å². The molecular weight excluding hydrogens is 614 g/mol. The van der Waals surface area contributed by atoms with Gasteiger partial charge in [-0.1, -0.05) is 18.2 Å². The average molecular weight is 649 g/mol. The zero-order valence-electron chi connectivity index (χ0n) is 23.8. The Hall–Kier alpha value is -2.90. The number of aromatic nitrogens is 2. The molecule has 5 rings (SSSR count). The molecule has 0 radical (unpaired) electrons. The number of rotatable bonds is 12. The van der Waals surface area contributed by atoms with E-state index in [-0.39, 0.29) is 48.0 Å². The molecule has 1 fully saturated rings. The van der Waals surface area contributed by atoms with E-state index in [2.05, 4.69) is 14.6 Å². The molecule has 0 spiro atoms. The second kappa shape index (κ2) is 13.0. The molecule has 0 aliphatic carbocycles. The molecule has 0 saturated carbocycles. The van der Waals surface area contributed by atoms with Gasteiger partial charge in [0.1, 0.15) is 11.6 Å². The van der Waals surface area contributed by atoms with Gasteiger partial charge in [-0.2, -0.15) is 0 Å². The summed E-state index contributed by atoms with van der Waals surface area (Å²) in [4.78, 5) is 28.1. The van der Waals surface area contributed by atoms with Gasteiger partial charge in [0.15, 0.2) is 5.82 Å². The Kier molecular flexibility index (Phi) is 9.52. The van der Waals surface area contributed by atoms with Crippen molar-refractivity contribution in [1.82, 2.24) is 18.9 Å². The number of sulfonamides is 1. The van der Waals surface area contributed by atoms with Gasteiger partial charge in [0.05, 0.1) is 29.1 Å². The number of likely N-dealkylation sites (tertiary alicyclic amines) is 1. The van der Waals surface area contributed by atoms with Crippen LogP contribution < -0.4 is 9.46 Å². The lowest BCUT2D eigenvalue weighted by Crippen LogP contribution is -2.33. The summed E-state index contributed by atoms with van der Waals surface area (Å²) in [6.07, 6.45) is 0.843. The molecule has 4 aromatic rings. The van der Waals surface area contributed by atoms with Gasteiger partial charge < -0.3 is 14.5 Å². The van der Waals surface area contributed by atoms with Gasteiger partial charge in [-0.15, -0.1) is 11.3 Å². The van der Waals surface area contributed by atoms with Gasteiger partial charge in [-0.25, -0.2) is 31.4 Å². The molecular formula is C29H34FN4O6PS2. The van der Waals surface area contributed by atoms with Gasteiger partial charge in [0, 0.05) is 31.1 Å². The molecule has 230 valence electrons. The zero-order valence-corrected chi connectivity index (χ0v) is 26.3. The molecule has 2 atom stereocenters. The maximum Gasteiger partial charge on any atom is 0.435 e. The first-order valence-corrected chi connectivity index (χ1v) is 17.9. The highest BCUT2D eigenvalue weighted by Crippen LogP contribution is 2.48. The number of benzene rings is 2. The fourth-order valence-electron chi connectivity index (χ4n) is 5.48.